The second-order valence-electron chi connectivity index (χ2n) is 3.09. The lowest BCUT2D eigenvalue weighted by molar-refractivity contribution is -0.126. The molecule has 1 aliphatic rings. The van der Waals surface area contributed by atoms with Crippen molar-refractivity contribution >= 4 is 5.91 Å². The normalized spacial score (nSPS) is 18.8. The van der Waals surface area contributed by atoms with Crippen LogP contribution in [0.2, 0.25) is 0 Å². The number of nitrogens with two attached hydrogens (primary N) is 1. The number of nitrogens with zero attached hydrogens (tertiary/aromatic N) is 1. The summed E-state index contributed by atoms with van der Waals surface area (Å²) in [5.41, 5.74) is 2.19. The van der Waals surface area contributed by atoms with E-state index in [9.17, 15) is 4.79 Å². The molecule has 0 aromatic carbocycles. The highest BCUT2D eigenvalue weighted by molar-refractivity contribution is 5.78. The maximum Gasteiger partial charge on any atom is 0.237 e. The fraction of sp³-hybridized carbons (Fsp3) is 0.889. The molecule has 0 radical (unpaired) electrons. The van der Waals surface area contributed by atoms with Crippen molar-refractivity contribution in [2.24, 2.45) is 11.8 Å². The molecule has 1 amide bonds. The highest BCUT2D eigenvalue weighted by atomic mass is 16.2. The zero-order chi connectivity index (χ0) is 10.3. The molecule has 0 aromatic heterocycles. The van der Waals surface area contributed by atoms with Gasteiger partial charge >= 0.3 is 0 Å². The van der Waals surface area contributed by atoms with Crippen LogP contribution < -0.4 is 11.3 Å². The summed E-state index contributed by atoms with van der Waals surface area (Å²) in [6, 6.07) is 0. The first-order valence-corrected chi connectivity index (χ1v) is 4.93. The Morgan fingerprint density at radius 3 is 2.23 bits per heavy atom. The molecule has 0 aromatic rings. The summed E-state index contributed by atoms with van der Waals surface area (Å²) < 4.78 is 0. The molecule has 0 aliphatic carbocycles. The molecule has 13 heavy (non-hydrogen) atoms. The Bertz CT molecular complexity index is 142. The number of hydrogen-bond acceptors (Lipinski definition) is 3. The number of hydrogen-bond donors (Lipinski definition) is 2. The number of carbonyl (C=O) groups is 1. The Labute approximate surface area is 80.4 Å². The molecule has 1 saturated heterocycles. The van der Waals surface area contributed by atoms with Gasteiger partial charge in [-0.25, -0.2) is 5.84 Å². The smallest absolute Gasteiger partial charge is 0.237 e. The predicted octanol–water partition coefficient (Wildman–Crippen LogP) is 0.344. The Morgan fingerprint density at radius 1 is 1.38 bits per heavy atom. The monoisotopic (exact) mass is 187 g/mol. The van der Waals surface area contributed by atoms with Gasteiger partial charge in [-0.2, -0.15) is 0 Å². The van der Waals surface area contributed by atoms with E-state index in [1.807, 2.05) is 13.8 Å². The topological polar surface area (TPSA) is 58.4 Å². The van der Waals surface area contributed by atoms with Crippen LogP contribution in [0.4, 0.5) is 0 Å². The van der Waals surface area contributed by atoms with Gasteiger partial charge in [-0.3, -0.25) is 10.2 Å². The van der Waals surface area contributed by atoms with Crippen LogP contribution >= 0.6 is 0 Å². The van der Waals surface area contributed by atoms with Crippen molar-refractivity contribution in [3.8, 4) is 0 Å². The van der Waals surface area contributed by atoms with E-state index in [4.69, 9.17) is 5.84 Å². The van der Waals surface area contributed by atoms with Crippen LogP contribution in [0.1, 0.15) is 26.7 Å². The number of nitrogens with one attached hydrogen (secondary N) is 1. The highest BCUT2D eigenvalue weighted by Crippen LogP contribution is 2.15. The van der Waals surface area contributed by atoms with Gasteiger partial charge in [0.25, 0.3) is 0 Å². The van der Waals surface area contributed by atoms with E-state index in [1.54, 1.807) is 0 Å². The molecule has 4 heteroatoms. The molecule has 3 N–H and O–H groups in total. The summed E-state index contributed by atoms with van der Waals surface area (Å²) in [6.45, 7) is 6.00. The zero-order valence-corrected chi connectivity index (χ0v) is 8.84. The molecule has 4 nitrogen and oxygen atoms in total. The maximum absolute atomic E-state index is 11.0. The maximum atomic E-state index is 11.0. The molecule has 1 aliphatic heterocycles. The van der Waals surface area contributed by atoms with Gasteiger partial charge in [-0.15, -0.1) is 0 Å². The van der Waals surface area contributed by atoms with Crippen molar-refractivity contribution in [2.45, 2.75) is 26.7 Å². The third-order valence-corrected chi connectivity index (χ3v) is 2.23. The first-order chi connectivity index (χ1) is 6.24. The van der Waals surface area contributed by atoms with E-state index in [0.717, 1.165) is 25.9 Å². The predicted molar refractivity (Wildman–Crippen MR) is 53.9 cm³/mol. The summed E-state index contributed by atoms with van der Waals surface area (Å²) in [5.74, 6) is 5.14. The lowest BCUT2D eigenvalue weighted by Gasteiger charge is -2.27. The number of piperidine rings is 1. The van der Waals surface area contributed by atoms with Gasteiger partial charge in [-0.1, -0.05) is 13.8 Å². The SMILES string of the molecule is CC.CN1CCC(C(=O)NN)CC1. The van der Waals surface area contributed by atoms with Gasteiger partial charge in [0.1, 0.15) is 0 Å². The Kier molecular flexibility index (Phi) is 6.54. The molecular formula is C9H21N3O. The van der Waals surface area contributed by atoms with Crippen LogP contribution in [0.25, 0.3) is 0 Å². The van der Waals surface area contributed by atoms with Gasteiger partial charge in [0, 0.05) is 5.92 Å². The number of likely N-dealkylation sites (tertiary alicyclic amines) is 1. The van der Waals surface area contributed by atoms with E-state index in [-0.39, 0.29) is 11.8 Å². The van der Waals surface area contributed by atoms with Gasteiger partial charge in [0.05, 0.1) is 0 Å². The number of carbonyl (C=O) groups excluding carboxylic acids is 1. The largest absolute Gasteiger partial charge is 0.306 e. The van der Waals surface area contributed by atoms with Gasteiger partial charge in [0.2, 0.25) is 5.91 Å². The molecule has 78 valence electrons. The Morgan fingerprint density at radius 2 is 1.85 bits per heavy atom. The van der Waals surface area contributed by atoms with Crippen LogP contribution in [-0.4, -0.2) is 30.9 Å². The molecular weight excluding hydrogens is 166 g/mol. The van der Waals surface area contributed by atoms with Crippen molar-refractivity contribution in [2.75, 3.05) is 20.1 Å². The molecule has 1 heterocycles. The summed E-state index contributed by atoms with van der Waals surface area (Å²) in [4.78, 5) is 13.2. The van der Waals surface area contributed by atoms with Crippen molar-refractivity contribution in [3.63, 3.8) is 0 Å². The average molecular weight is 187 g/mol. The standard InChI is InChI=1S/C7H15N3O.C2H6/c1-10-4-2-6(3-5-10)7(11)9-8;1-2/h6H,2-5,8H2,1H3,(H,9,11);1-2H3. The minimum atomic E-state index is -0.0156. The summed E-state index contributed by atoms with van der Waals surface area (Å²) in [7, 11) is 2.07. The van der Waals surface area contributed by atoms with E-state index >= 15 is 0 Å². The molecule has 0 bridgehead atoms. The Balaban J connectivity index is 0.000000671. The number of rotatable bonds is 1. The molecule has 0 atom stereocenters. The fourth-order valence-electron chi connectivity index (χ4n) is 1.39. The zero-order valence-electron chi connectivity index (χ0n) is 8.84. The van der Waals surface area contributed by atoms with Crippen LogP contribution in [0.15, 0.2) is 0 Å². The molecule has 1 fully saturated rings. The fourth-order valence-corrected chi connectivity index (χ4v) is 1.39. The van der Waals surface area contributed by atoms with Crippen LogP contribution in [-0.2, 0) is 4.79 Å². The van der Waals surface area contributed by atoms with Crippen molar-refractivity contribution in [1.82, 2.24) is 10.3 Å². The lowest BCUT2D eigenvalue weighted by atomic mass is 9.97. The molecule has 0 spiro atoms. The van der Waals surface area contributed by atoms with E-state index in [2.05, 4.69) is 17.4 Å². The van der Waals surface area contributed by atoms with Crippen LogP contribution in [0.5, 0.6) is 0 Å². The van der Waals surface area contributed by atoms with E-state index in [1.165, 1.54) is 0 Å². The Hall–Kier alpha value is -0.610. The lowest BCUT2D eigenvalue weighted by Crippen LogP contribution is -2.41. The first-order valence-electron chi connectivity index (χ1n) is 4.93. The summed E-state index contributed by atoms with van der Waals surface area (Å²) in [6.07, 6.45) is 1.86. The number of amides is 1. The first kappa shape index (κ1) is 12.4. The van der Waals surface area contributed by atoms with Crippen LogP contribution in [0, 0.1) is 5.92 Å². The third kappa shape index (κ3) is 4.24. The molecule has 0 saturated carbocycles. The average Bonchev–Trinajstić information content (AvgIpc) is 2.21. The minimum Gasteiger partial charge on any atom is -0.306 e. The van der Waals surface area contributed by atoms with Crippen LogP contribution in [0.3, 0.4) is 0 Å². The molecule has 0 unspecified atom stereocenters. The van der Waals surface area contributed by atoms with Gasteiger partial charge < -0.3 is 4.90 Å². The summed E-state index contributed by atoms with van der Waals surface area (Å²) >= 11 is 0. The van der Waals surface area contributed by atoms with Crippen molar-refractivity contribution < 1.29 is 4.79 Å². The summed E-state index contributed by atoms with van der Waals surface area (Å²) in [5, 5.41) is 0. The van der Waals surface area contributed by atoms with E-state index in [0.29, 0.717) is 0 Å². The van der Waals surface area contributed by atoms with Crippen molar-refractivity contribution in [3.05, 3.63) is 0 Å². The minimum absolute atomic E-state index is 0.0156. The second kappa shape index (κ2) is 6.86. The van der Waals surface area contributed by atoms with E-state index < -0.39 is 0 Å². The van der Waals surface area contributed by atoms with Gasteiger partial charge in [0.15, 0.2) is 0 Å². The third-order valence-electron chi connectivity index (χ3n) is 2.23. The highest BCUT2D eigenvalue weighted by Gasteiger charge is 2.22. The number of hydrazine groups is 1. The van der Waals surface area contributed by atoms with Crippen molar-refractivity contribution in [1.29, 1.82) is 0 Å². The quantitative estimate of drug-likeness (QED) is 0.354. The molecule has 1 rings (SSSR count). The second-order valence-corrected chi connectivity index (χ2v) is 3.09. The van der Waals surface area contributed by atoms with Gasteiger partial charge in [-0.05, 0) is 33.0 Å².